The topological polar surface area (TPSA) is 44.8 Å². The molecule has 0 radical (unpaired) electrons. The van der Waals surface area contributed by atoms with Crippen molar-refractivity contribution in [1.29, 1.82) is 0 Å². The Hall–Kier alpha value is -2.24. The zero-order valence-electron chi connectivity index (χ0n) is 16.7. The van der Waals surface area contributed by atoms with Gasteiger partial charge >= 0.3 is 0 Å². The van der Waals surface area contributed by atoms with Crippen LogP contribution in [0.2, 0.25) is 5.02 Å². The number of likely N-dealkylation sites (N-methyl/N-ethyl adjacent to an activating group) is 1. The van der Waals surface area contributed by atoms with Crippen molar-refractivity contribution < 1.29 is 9.53 Å². The predicted molar refractivity (Wildman–Crippen MR) is 114 cm³/mol. The van der Waals surface area contributed by atoms with Crippen molar-refractivity contribution in [3.63, 3.8) is 0 Å². The normalized spacial score (nSPS) is 15.9. The highest BCUT2D eigenvalue weighted by atomic mass is 35.5. The largest absolute Gasteiger partial charge is 0.481 e. The van der Waals surface area contributed by atoms with Crippen molar-refractivity contribution in [2.75, 3.05) is 38.1 Å². The summed E-state index contributed by atoms with van der Waals surface area (Å²) in [6.45, 7) is 8.40. The maximum atomic E-state index is 12.3. The molecule has 150 valence electrons. The van der Waals surface area contributed by atoms with Crippen molar-refractivity contribution in [1.82, 2.24) is 10.2 Å². The summed E-state index contributed by atoms with van der Waals surface area (Å²) in [5, 5.41) is 3.62. The molecule has 0 spiro atoms. The molecule has 1 atom stereocenters. The number of nitrogens with one attached hydrogen (secondary N) is 1. The van der Waals surface area contributed by atoms with Gasteiger partial charge in [0, 0.05) is 43.4 Å². The highest BCUT2D eigenvalue weighted by Crippen LogP contribution is 2.22. The second-order valence-electron chi connectivity index (χ2n) is 7.35. The van der Waals surface area contributed by atoms with E-state index in [1.54, 1.807) is 19.1 Å². The zero-order valence-corrected chi connectivity index (χ0v) is 17.5. The highest BCUT2D eigenvalue weighted by Gasteiger charge is 2.16. The van der Waals surface area contributed by atoms with Gasteiger partial charge in [-0.2, -0.15) is 0 Å². The summed E-state index contributed by atoms with van der Waals surface area (Å²) in [5.74, 6) is 0.497. The van der Waals surface area contributed by atoms with Crippen molar-refractivity contribution >= 4 is 23.2 Å². The number of aryl methyl sites for hydroxylation is 1. The Balaban J connectivity index is 1.49. The molecule has 0 bridgehead atoms. The van der Waals surface area contributed by atoms with E-state index in [-0.39, 0.29) is 5.91 Å². The highest BCUT2D eigenvalue weighted by molar-refractivity contribution is 6.31. The summed E-state index contributed by atoms with van der Waals surface area (Å²) in [5.41, 5.74) is 3.23. The molecule has 1 N–H and O–H groups in total. The fraction of sp³-hybridized carbons (Fsp3) is 0.409. The van der Waals surface area contributed by atoms with Gasteiger partial charge in [-0.05, 0) is 62.4 Å². The first kappa shape index (κ1) is 20.5. The summed E-state index contributed by atoms with van der Waals surface area (Å²) in [6, 6.07) is 13.8. The van der Waals surface area contributed by atoms with Gasteiger partial charge in [-0.15, -0.1) is 0 Å². The average molecular weight is 402 g/mol. The molecule has 3 rings (SSSR count). The number of piperazine rings is 1. The third kappa shape index (κ3) is 5.40. The minimum atomic E-state index is -0.579. The number of carbonyl (C=O) groups excluding carboxylic acids is 1. The van der Waals surface area contributed by atoms with Gasteiger partial charge in [0.15, 0.2) is 6.10 Å². The maximum Gasteiger partial charge on any atom is 0.261 e. The Morgan fingerprint density at radius 1 is 1.14 bits per heavy atom. The minimum absolute atomic E-state index is 0.143. The summed E-state index contributed by atoms with van der Waals surface area (Å²) < 4.78 is 5.73. The van der Waals surface area contributed by atoms with E-state index in [0.717, 1.165) is 37.3 Å². The summed E-state index contributed by atoms with van der Waals surface area (Å²) >= 11 is 6.02. The fourth-order valence-electron chi connectivity index (χ4n) is 3.17. The van der Waals surface area contributed by atoms with E-state index in [4.69, 9.17) is 16.3 Å². The SMILES string of the molecule is Cc1cc(OC(C)C(=O)NCc2ccc(N3CCN(C)CC3)cc2)ccc1Cl. The van der Waals surface area contributed by atoms with Crippen molar-refractivity contribution in [3.8, 4) is 5.75 Å². The standard InChI is InChI=1S/C22H28ClN3O2/c1-16-14-20(8-9-21(16)23)28-17(2)22(27)24-15-18-4-6-19(7-5-18)26-12-10-25(3)11-13-26/h4-9,14,17H,10-13,15H2,1-3H3,(H,24,27). The quantitative estimate of drug-likeness (QED) is 0.804. The van der Waals surface area contributed by atoms with Crippen molar-refractivity contribution in [2.24, 2.45) is 0 Å². The van der Waals surface area contributed by atoms with Crippen LogP contribution in [0.4, 0.5) is 5.69 Å². The maximum absolute atomic E-state index is 12.3. The first-order valence-corrected chi connectivity index (χ1v) is 10.0. The number of carbonyl (C=O) groups is 1. The molecule has 1 unspecified atom stereocenters. The third-order valence-corrected chi connectivity index (χ3v) is 5.51. The molecule has 0 aromatic heterocycles. The van der Waals surface area contributed by atoms with Crippen molar-refractivity contribution in [2.45, 2.75) is 26.5 Å². The van der Waals surface area contributed by atoms with Gasteiger partial charge in [-0.25, -0.2) is 0 Å². The Bertz CT molecular complexity index is 802. The number of rotatable bonds is 6. The van der Waals surface area contributed by atoms with E-state index in [9.17, 15) is 4.79 Å². The average Bonchev–Trinajstić information content (AvgIpc) is 2.70. The third-order valence-electron chi connectivity index (χ3n) is 5.08. The van der Waals surface area contributed by atoms with Crippen LogP contribution in [0.25, 0.3) is 0 Å². The number of hydrogen-bond acceptors (Lipinski definition) is 4. The molecule has 6 heteroatoms. The van der Waals surface area contributed by atoms with Crippen LogP contribution in [0.1, 0.15) is 18.1 Å². The van der Waals surface area contributed by atoms with Gasteiger partial charge in [-0.3, -0.25) is 4.79 Å². The molecule has 1 aliphatic rings. The molecular formula is C22H28ClN3O2. The molecule has 1 heterocycles. The van der Waals surface area contributed by atoms with Crippen LogP contribution < -0.4 is 15.0 Å². The molecular weight excluding hydrogens is 374 g/mol. The molecule has 1 amide bonds. The minimum Gasteiger partial charge on any atom is -0.481 e. The number of benzene rings is 2. The van der Waals surface area contributed by atoms with Crippen LogP contribution in [0.3, 0.4) is 0 Å². The lowest BCUT2D eigenvalue weighted by atomic mass is 10.1. The van der Waals surface area contributed by atoms with Gasteiger partial charge in [0.05, 0.1) is 0 Å². The van der Waals surface area contributed by atoms with E-state index < -0.39 is 6.10 Å². The number of halogens is 1. The molecule has 5 nitrogen and oxygen atoms in total. The lowest BCUT2D eigenvalue weighted by molar-refractivity contribution is -0.127. The first-order chi connectivity index (χ1) is 13.4. The smallest absolute Gasteiger partial charge is 0.261 e. The number of anilines is 1. The number of nitrogens with zero attached hydrogens (tertiary/aromatic N) is 2. The van der Waals surface area contributed by atoms with Gasteiger partial charge < -0.3 is 19.9 Å². The lowest BCUT2D eigenvalue weighted by Crippen LogP contribution is -2.44. The monoisotopic (exact) mass is 401 g/mol. The first-order valence-electron chi connectivity index (χ1n) is 9.65. The molecule has 28 heavy (non-hydrogen) atoms. The lowest BCUT2D eigenvalue weighted by Gasteiger charge is -2.34. The van der Waals surface area contributed by atoms with Crippen LogP contribution in [0.15, 0.2) is 42.5 Å². The number of hydrogen-bond donors (Lipinski definition) is 1. The zero-order chi connectivity index (χ0) is 20.1. The van der Waals surface area contributed by atoms with Gasteiger partial charge in [0.2, 0.25) is 0 Å². The Kier molecular flexibility index (Phi) is 6.81. The second-order valence-corrected chi connectivity index (χ2v) is 7.75. The Morgan fingerprint density at radius 2 is 1.82 bits per heavy atom. The van der Waals surface area contributed by atoms with Crippen LogP contribution in [0, 0.1) is 6.92 Å². The summed E-state index contributed by atoms with van der Waals surface area (Å²) in [6.07, 6.45) is -0.579. The molecule has 1 fully saturated rings. The predicted octanol–water partition coefficient (Wildman–Crippen LogP) is 3.48. The van der Waals surface area contributed by atoms with Gasteiger partial charge in [0.25, 0.3) is 5.91 Å². The van der Waals surface area contributed by atoms with Crippen LogP contribution in [-0.2, 0) is 11.3 Å². The number of amides is 1. The molecule has 1 saturated heterocycles. The van der Waals surface area contributed by atoms with Gasteiger partial charge in [0.1, 0.15) is 5.75 Å². The van der Waals surface area contributed by atoms with E-state index in [0.29, 0.717) is 17.3 Å². The van der Waals surface area contributed by atoms with E-state index in [1.807, 2.05) is 13.0 Å². The van der Waals surface area contributed by atoms with Crippen LogP contribution in [-0.4, -0.2) is 50.1 Å². The van der Waals surface area contributed by atoms with E-state index in [1.165, 1.54) is 5.69 Å². The molecule has 0 saturated carbocycles. The van der Waals surface area contributed by atoms with E-state index >= 15 is 0 Å². The summed E-state index contributed by atoms with van der Waals surface area (Å²) in [7, 11) is 2.15. The van der Waals surface area contributed by atoms with Crippen molar-refractivity contribution in [3.05, 3.63) is 58.6 Å². The van der Waals surface area contributed by atoms with E-state index in [2.05, 4.69) is 46.4 Å². The molecule has 2 aromatic carbocycles. The molecule has 1 aliphatic heterocycles. The Labute approximate surface area is 172 Å². The summed E-state index contributed by atoms with van der Waals surface area (Å²) in [4.78, 5) is 17.1. The van der Waals surface area contributed by atoms with Gasteiger partial charge in [-0.1, -0.05) is 23.7 Å². The molecule has 0 aliphatic carbocycles. The fourth-order valence-corrected chi connectivity index (χ4v) is 3.29. The van der Waals surface area contributed by atoms with Crippen LogP contribution in [0.5, 0.6) is 5.75 Å². The second kappa shape index (κ2) is 9.30. The Morgan fingerprint density at radius 3 is 2.46 bits per heavy atom. The number of ether oxygens (including phenoxy) is 1. The molecule has 2 aromatic rings. The van der Waals surface area contributed by atoms with Crippen LogP contribution >= 0.6 is 11.6 Å².